The molecule has 244 valence electrons. The van der Waals surface area contributed by atoms with Crippen LogP contribution in [0.5, 0.6) is 0 Å². The molecule has 1 nitrogen and oxygen atoms in total. The quantitative estimate of drug-likeness (QED) is 0.0529. The Morgan fingerprint density at radius 1 is 0.390 bits per heavy atom. The minimum absolute atomic E-state index is 0. The molecule has 0 bridgehead atoms. The van der Waals surface area contributed by atoms with Crippen molar-refractivity contribution in [3.8, 4) is 0 Å². The van der Waals surface area contributed by atoms with E-state index in [1.165, 1.54) is 193 Å². The summed E-state index contributed by atoms with van der Waals surface area (Å²) in [7, 11) is 0. The average Bonchev–Trinajstić information content (AvgIpc) is 2.96. The van der Waals surface area contributed by atoms with Crippen LogP contribution in [0.3, 0.4) is 0 Å². The van der Waals surface area contributed by atoms with Gasteiger partial charge in [-0.05, 0) is 77.3 Å². The second-order valence-corrected chi connectivity index (χ2v) is 12.5. The first kappa shape index (κ1) is 42.6. The number of allylic oxidation sites excluding steroid dienone is 4. The molecule has 0 saturated carbocycles. The van der Waals surface area contributed by atoms with Gasteiger partial charge in [-0.15, -0.1) is 19.0 Å². The molecule has 0 saturated heterocycles. The van der Waals surface area contributed by atoms with E-state index in [1.807, 2.05) is 0 Å². The van der Waals surface area contributed by atoms with Crippen molar-refractivity contribution < 1.29 is 0 Å². The normalized spacial score (nSPS) is 11.7. The van der Waals surface area contributed by atoms with Crippen LogP contribution in [-0.2, 0) is 0 Å². The highest BCUT2D eigenvalue weighted by molar-refractivity contribution is 5.85. The third kappa shape index (κ3) is 37.4. The molecular formula is C39H76ClN. The SMILES string of the molecule is C=CCN(CCCCCCCC/C=C\CCCCCCCC)CCCCCCCC/C=C\CCCCCCCC.Cl. The molecule has 0 rings (SSSR count). The topological polar surface area (TPSA) is 3.24 Å². The lowest BCUT2D eigenvalue weighted by Gasteiger charge is -2.20. The zero-order valence-corrected chi connectivity index (χ0v) is 29.2. The van der Waals surface area contributed by atoms with Gasteiger partial charge in [0.05, 0.1) is 0 Å². The van der Waals surface area contributed by atoms with Gasteiger partial charge in [0.25, 0.3) is 0 Å². The van der Waals surface area contributed by atoms with Crippen molar-refractivity contribution in [1.82, 2.24) is 4.90 Å². The predicted octanol–water partition coefficient (Wildman–Crippen LogP) is 14.0. The van der Waals surface area contributed by atoms with Gasteiger partial charge in [0, 0.05) is 6.54 Å². The summed E-state index contributed by atoms with van der Waals surface area (Å²) in [5.74, 6) is 0. The number of unbranched alkanes of at least 4 members (excludes halogenated alkanes) is 24. The summed E-state index contributed by atoms with van der Waals surface area (Å²) in [6.45, 7) is 12.2. The molecule has 0 amide bonds. The molecule has 41 heavy (non-hydrogen) atoms. The van der Waals surface area contributed by atoms with E-state index in [4.69, 9.17) is 0 Å². The van der Waals surface area contributed by atoms with Crippen LogP contribution in [0.25, 0.3) is 0 Å². The van der Waals surface area contributed by atoms with Crippen molar-refractivity contribution in [2.45, 2.75) is 194 Å². The third-order valence-electron chi connectivity index (χ3n) is 8.36. The number of nitrogens with zero attached hydrogens (tertiary/aromatic N) is 1. The number of halogens is 1. The molecule has 0 aliphatic carbocycles. The van der Waals surface area contributed by atoms with Crippen molar-refractivity contribution in [3.63, 3.8) is 0 Å². The molecule has 0 unspecified atom stereocenters. The van der Waals surface area contributed by atoms with Crippen LogP contribution in [0.4, 0.5) is 0 Å². The largest absolute Gasteiger partial charge is 0.300 e. The Morgan fingerprint density at radius 3 is 0.951 bits per heavy atom. The second kappa shape index (κ2) is 39.5. The zero-order valence-electron chi connectivity index (χ0n) is 28.4. The van der Waals surface area contributed by atoms with Gasteiger partial charge in [0.15, 0.2) is 0 Å². The van der Waals surface area contributed by atoms with Gasteiger partial charge < -0.3 is 0 Å². The molecule has 0 N–H and O–H groups in total. The van der Waals surface area contributed by atoms with Gasteiger partial charge in [-0.2, -0.15) is 0 Å². The van der Waals surface area contributed by atoms with Crippen LogP contribution in [0.1, 0.15) is 194 Å². The number of hydrogen-bond acceptors (Lipinski definition) is 1. The second-order valence-electron chi connectivity index (χ2n) is 12.5. The molecule has 0 heterocycles. The van der Waals surface area contributed by atoms with Crippen LogP contribution in [0.2, 0.25) is 0 Å². The van der Waals surface area contributed by atoms with Crippen molar-refractivity contribution >= 4 is 12.4 Å². The molecule has 0 aromatic heterocycles. The van der Waals surface area contributed by atoms with Crippen LogP contribution >= 0.6 is 12.4 Å². The Bertz CT molecular complexity index is 484. The maximum Gasteiger partial charge on any atom is 0.0160 e. The van der Waals surface area contributed by atoms with Crippen LogP contribution in [0, 0.1) is 0 Å². The number of rotatable bonds is 34. The summed E-state index contributed by atoms with van der Waals surface area (Å²) in [5.41, 5.74) is 0. The highest BCUT2D eigenvalue weighted by atomic mass is 35.5. The summed E-state index contributed by atoms with van der Waals surface area (Å²) in [5, 5.41) is 0. The molecule has 0 aliphatic rings. The minimum Gasteiger partial charge on any atom is -0.300 e. The summed E-state index contributed by atoms with van der Waals surface area (Å²) >= 11 is 0. The highest BCUT2D eigenvalue weighted by Crippen LogP contribution is 2.12. The van der Waals surface area contributed by atoms with E-state index in [0.29, 0.717) is 0 Å². The van der Waals surface area contributed by atoms with Crippen molar-refractivity contribution in [3.05, 3.63) is 37.0 Å². The fourth-order valence-electron chi connectivity index (χ4n) is 5.64. The molecule has 0 fully saturated rings. The fourth-order valence-corrected chi connectivity index (χ4v) is 5.64. The Kier molecular flexibility index (Phi) is 41.0. The Morgan fingerprint density at radius 2 is 0.659 bits per heavy atom. The lowest BCUT2D eigenvalue weighted by atomic mass is 10.1. The molecule has 0 aromatic carbocycles. The molecule has 0 aromatic rings. The Labute approximate surface area is 266 Å². The third-order valence-corrected chi connectivity index (χ3v) is 8.36. The van der Waals surface area contributed by atoms with E-state index in [0.717, 1.165) is 6.54 Å². The average molecular weight is 594 g/mol. The fraction of sp³-hybridized carbons (Fsp3) is 0.846. The van der Waals surface area contributed by atoms with E-state index >= 15 is 0 Å². The molecule has 0 aliphatic heterocycles. The first-order valence-electron chi connectivity index (χ1n) is 18.5. The molecule has 2 heteroatoms. The highest BCUT2D eigenvalue weighted by Gasteiger charge is 2.03. The molecule has 0 atom stereocenters. The Hall–Kier alpha value is -0.530. The zero-order chi connectivity index (χ0) is 29.0. The lowest BCUT2D eigenvalue weighted by molar-refractivity contribution is 0.286. The van der Waals surface area contributed by atoms with E-state index in [2.05, 4.69) is 55.7 Å². The van der Waals surface area contributed by atoms with E-state index in [1.54, 1.807) is 0 Å². The van der Waals surface area contributed by atoms with Crippen LogP contribution in [0.15, 0.2) is 37.0 Å². The van der Waals surface area contributed by atoms with Gasteiger partial charge in [-0.1, -0.05) is 160 Å². The maximum absolute atomic E-state index is 4.00. The van der Waals surface area contributed by atoms with Gasteiger partial charge in [-0.3, -0.25) is 4.90 Å². The smallest absolute Gasteiger partial charge is 0.0160 e. The summed E-state index contributed by atoms with van der Waals surface area (Å²) in [4.78, 5) is 2.64. The lowest BCUT2D eigenvalue weighted by Crippen LogP contribution is -2.26. The minimum atomic E-state index is 0. The molecular weight excluding hydrogens is 518 g/mol. The number of hydrogen-bond donors (Lipinski definition) is 0. The maximum atomic E-state index is 4.00. The summed E-state index contributed by atoms with van der Waals surface area (Å²) in [6.07, 6.45) is 50.7. The van der Waals surface area contributed by atoms with E-state index in [9.17, 15) is 0 Å². The predicted molar refractivity (Wildman–Crippen MR) is 193 cm³/mol. The summed E-state index contributed by atoms with van der Waals surface area (Å²) < 4.78 is 0. The van der Waals surface area contributed by atoms with Gasteiger partial charge in [-0.25, -0.2) is 0 Å². The van der Waals surface area contributed by atoms with Gasteiger partial charge in [0.1, 0.15) is 0 Å². The van der Waals surface area contributed by atoms with Crippen LogP contribution < -0.4 is 0 Å². The standard InChI is InChI=1S/C39H75N.ClH/c1-4-7-9-11-13-15-17-19-21-23-25-27-29-31-33-35-38-40(37-6-3)39-36-34-32-30-28-26-24-22-20-18-16-14-12-10-8-5-2;/h6,19-22H,3-5,7-18,23-39H2,1-2H3;1H/b21-19-,22-20-;. The van der Waals surface area contributed by atoms with Crippen molar-refractivity contribution in [2.75, 3.05) is 19.6 Å². The van der Waals surface area contributed by atoms with Gasteiger partial charge in [0.2, 0.25) is 0 Å². The Balaban J connectivity index is 0. The molecule has 0 spiro atoms. The first-order valence-corrected chi connectivity index (χ1v) is 18.5. The van der Waals surface area contributed by atoms with Crippen molar-refractivity contribution in [1.29, 1.82) is 0 Å². The van der Waals surface area contributed by atoms with Crippen molar-refractivity contribution in [2.24, 2.45) is 0 Å². The van der Waals surface area contributed by atoms with Crippen LogP contribution in [-0.4, -0.2) is 24.5 Å². The van der Waals surface area contributed by atoms with E-state index in [-0.39, 0.29) is 12.4 Å². The first-order chi connectivity index (χ1) is 19.8. The van der Waals surface area contributed by atoms with Gasteiger partial charge >= 0.3 is 0 Å². The summed E-state index contributed by atoms with van der Waals surface area (Å²) in [6, 6.07) is 0. The monoisotopic (exact) mass is 594 g/mol. The van der Waals surface area contributed by atoms with E-state index < -0.39 is 0 Å². The molecule has 0 radical (unpaired) electrons.